The zero-order valence-corrected chi connectivity index (χ0v) is 14.7. The molecule has 0 aliphatic carbocycles. The van der Waals surface area contributed by atoms with Gasteiger partial charge in [-0.05, 0) is 36.2 Å². The molecule has 3 heterocycles. The number of halogens is 1. The van der Waals surface area contributed by atoms with Crippen LogP contribution < -0.4 is 11.2 Å². The highest BCUT2D eigenvalue weighted by atomic mass is 19.1. The Morgan fingerprint density at radius 1 is 1.08 bits per heavy atom. The Kier molecular flexibility index (Phi) is 3.57. The molecule has 0 aliphatic rings. The number of benzene rings is 1. The molecule has 0 fully saturated rings. The molecule has 1 aromatic carbocycles. The first-order chi connectivity index (χ1) is 12.4. The van der Waals surface area contributed by atoms with Gasteiger partial charge in [0.1, 0.15) is 5.82 Å². The van der Waals surface area contributed by atoms with Gasteiger partial charge in [-0.15, -0.1) is 0 Å². The predicted molar refractivity (Wildman–Crippen MR) is 96.9 cm³/mol. The fraction of sp³-hybridized carbons (Fsp3) is 0.278. The van der Waals surface area contributed by atoms with E-state index in [1.807, 2.05) is 17.7 Å². The lowest BCUT2D eigenvalue weighted by Crippen LogP contribution is -2.37. The molecule has 0 unspecified atom stereocenters. The summed E-state index contributed by atoms with van der Waals surface area (Å²) < 4.78 is 19.4. The molecule has 134 valence electrons. The van der Waals surface area contributed by atoms with E-state index in [4.69, 9.17) is 0 Å². The van der Waals surface area contributed by atoms with Crippen LogP contribution in [0.4, 0.5) is 4.39 Å². The molecule has 0 saturated carbocycles. The number of aromatic nitrogens is 5. The third kappa shape index (κ3) is 2.15. The Hall–Kier alpha value is -3.16. The van der Waals surface area contributed by atoms with Crippen molar-refractivity contribution in [1.82, 2.24) is 23.1 Å². The van der Waals surface area contributed by atoms with Crippen LogP contribution in [-0.4, -0.2) is 23.1 Å². The van der Waals surface area contributed by atoms with Gasteiger partial charge in [-0.2, -0.15) is 4.98 Å². The van der Waals surface area contributed by atoms with Gasteiger partial charge in [-0.1, -0.05) is 6.92 Å². The van der Waals surface area contributed by atoms with E-state index in [9.17, 15) is 14.0 Å². The van der Waals surface area contributed by atoms with Gasteiger partial charge in [0.15, 0.2) is 11.2 Å². The highest BCUT2D eigenvalue weighted by Gasteiger charge is 2.20. The van der Waals surface area contributed by atoms with Gasteiger partial charge in [0.2, 0.25) is 5.78 Å². The second-order valence-electron chi connectivity index (χ2n) is 6.33. The first-order valence-electron chi connectivity index (χ1n) is 8.37. The van der Waals surface area contributed by atoms with Gasteiger partial charge < -0.3 is 4.57 Å². The normalized spacial score (nSPS) is 11.7. The molecular weight excluding hydrogens is 337 g/mol. The maximum atomic E-state index is 13.3. The van der Waals surface area contributed by atoms with E-state index in [2.05, 4.69) is 4.98 Å². The van der Waals surface area contributed by atoms with Crippen molar-refractivity contribution in [3.05, 3.63) is 57.1 Å². The van der Waals surface area contributed by atoms with Gasteiger partial charge in [-0.25, -0.2) is 9.18 Å². The molecule has 8 heteroatoms. The average molecular weight is 355 g/mol. The van der Waals surface area contributed by atoms with Crippen LogP contribution in [0.5, 0.6) is 0 Å². The van der Waals surface area contributed by atoms with E-state index in [-0.39, 0.29) is 5.82 Å². The molecule has 0 spiro atoms. The summed E-state index contributed by atoms with van der Waals surface area (Å²) in [5.41, 5.74) is 1.57. The monoisotopic (exact) mass is 355 g/mol. The minimum absolute atomic E-state index is 0.304. The Morgan fingerprint density at radius 2 is 1.77 bits per heavy atom. The average Bonchev–Trinajstić information content (AvgIpc) is 3.16. The lowest BCUT2D eigenvalue weighted by Gasteiger charge is -2.07. The third-order valence-corrected chi connectivity index (χ3v) is 4.64. The Bertz CT molecular complexity index is 1260. The van der Waals surface area contributed by atoms with Crippen LogP contribution >= 0.6 is 0 Å². The van der Waals surface area contributed by atoms with Crippen molar-refractivity contribution in [2.75, 3.05) is 0 Å². The second kappa shape index (κ2) is 5.69. The minimum Gasteiger partial charge on any atom is -0.310 e. The molecule has 7 nitrogen and oxygen atoms in total. The van der Waals surface area contributed by atoms with Crippen molar-refractivity contribution in [1.29, 1.82) is 0 Å². The Labute approximate surface area is 147 Å². The molecule has 4 aromatic rings. The van der Waals surface area contributed by atoms with Crippen molar-refractivity contribution in [3.63, 3.8) is 0 Å². The van der Waals surface area contributed by atoms with Crippen LogP contribution in [0.15, 0.2) is 40.1 Å². The molecular formula is C18H18FN5O2. The first kappa shape index (κ1) is 16.3. The largest absolute Gasteiger partial charge is 0.332 e. The zero-order valence-electron chi connectivity index (χ0n) is 14.7. The highest BCUT2D eigenvalue weighted by Crippen LogP contribution is 2.25. The molecule has 0 amide bonds. The number of aryl methyl sites for hydroxylation is 2. The van der Waals surface area contributed by atoms with Crippen LogP contribution in [0, 0.1) is 5.82 Å². The number of hydrogen-bond acceptors (Lipinski definition) is 3. The van der Waals surface area contributed by atoms with E-state index in [0.29, 0.717) is 23.5 Å². The van der Waals surface area contributed by atoms with Crippen molar-refractivity contribution in [2.24, 2.45) is 14.1 Å². The first-order valence-corrected chi connectivity index (χ1v) is 8.37. The summed E-state index contributed by atoms with van der Waals surface area (Å²) >= 11 is 0. The molecule has 0 radical (unpaired) electrons. The number of rotatable bonds is 3. The summed E-state index contributed by atoms with van der Waals surface area (Å²) in [5, 5.41) is 0. The summed E-state index contributed by atoms with van der Waals surface area (Å²) in [5.74, 6) is 0.279. The van der Waals surface area contributed by atoms with Gasteiger partial charge in [0.25, 0.3) is 5.56 Å². The zero-order chi connectivity index (χ0) is 18.6. The fourth-order valence-corrected chi connectivity index (χ4v) is 3.31. The van der Waals surface area contributed by atoms with Crippen molar-refractivity contribution < 1.29 is 4.39 Å². The van der Waals surface area contributed by atoms with Crippen LogP contribution in [0.25, 0.3) is 28.2 Å². The van der Waals surface area contributed by atoms with Crippen LogP contribution in [-0.2, 0) is 20.6 Å². The number of nitrogens with zero attached hydrogens (tertiary/aromatic N) is 5. The summed E-state index contributed by atoms with van der Waals surface area (Å²) in [6, 6.07) is 6.21. The number of imidazole rings is 2. The van der Waals surface area contributed by atoms with Crippen LogP contribution in [0.3, 0.4) is 0 Å². The van der Waals surface area contributed by atoms with Crippen LogP contribution in [0.1, 0.15) is 13.3 Å². The van der Waals surface area contributed by atoms with Crippen molar-refractivity contribution in [2.45, 2.75) is 19.9 Å². The molecule has 0 N–H and O–H groups in total. The molecule has 0 bridgehead atoms. The van der Waals surface area contributed by atoms with E-state index >= 15 is 0 Å². The van der Waals surface area contributed by atoms with E-state index in [1.54, 1.807) is 23.6 Å². The van der Waals surface area contributed by atoms with Crippen LogP contribution in [0.2, 0.25) is 0 Å². The van der Waals surface area contributed by atoms with Gasteiger partial charge >= 0.3 is 5.69 Å². The smallest absolute Gasteiger partial charge is 0.310 e. The second-order valence-corrected chi connectivity index (χ2v) is 6.33. The summed E-state index contributed by atoms with van der Waals surface area (Å²) in [6.45, 7) is 2.73. The SMILES string of the molecule is CCCn1c(-c2ccc(F)cc2)cn2c3c(=O)n(C)c(=O)n(C)c3nc12. The van der Waals surface area contributed by atoms with Gasteiger partial charge in [-0.3, -0.25) is 18.3 Å². The van der Waals surface area contributed by atoms with Crippen molar-refractivity contribution in [3.8, 4) is 11.3 Å². The fourth-order valence-electron chi connectivity index (χ4n) is 3.31. The summed E-state index contributed by atoms with van der Waals surface area (Å²) in [6.07, 6.45) is 2.68. The summed E-state index contributed by atoms with van der Waals surface area (Å²) in [7, 11) is 3.05. The third-order valence-electron chi connectivity index (χ3n) is 4.64. The predicted octanol–water partition coefficient (Wildman–Crippen LogP) is 1.90. The highest BCUT2D eigenvalue weighted by molar-refractivity contribution is 5.78. The standard InChI is InChI=1S/C18H18FN5O2/c1-4-9-23-13(11-5-7-12(19)8-6-11)10-24-14-15(20-17(23)24)21(2)18(26)22(3)16(14)25/h5-8,10H,4,9H2,1-3H3. The lowest BCUT2D eigenvalue weighted by molar-refractivity contribution is 0.628. The molecule has 0 saturated heterocycles. The molecule has 26 heavy (non-hydrogen) atoms. The Morgan fingerprint density at radius 3 is 2.42 bits per heavy atom. The van der Waals surface area contributed by atoms with Crippen molar-refractivity contribution >= 4 is 16.9 Å². The summed E-state index contributed by atoms with van der Waals surface area (Å²) in [4.78, 5) is 29.4. The minimum atomic E-state index is -0.413. The maximum absolute atomic E-state index is 13.3. The number of fused-ring (bicyclic) bond motifs is 3. The maximum Gasteiger partial charge on any atom is 0.332 e. The molecule has 4 rings (SSSR count). The Balaban J connectivity index is 2.13. The molecule has 0 atom stereocenters. The molecule has 3 aromatic heterocycles. The van der Waals surface area contributed by atoms with E-state index in [1.165, 1.54) is 23.7 Å². The number of hydrogen-bond donors (Lipinski definition) is 0. The molecule has 0 aliphatic heterocycles. The van der Waals surface area contributed by atoms with Gasteiger partial charge in [0.05, 0.1) is 5.69 Å². The topological polar surface area (TPSA) is 66.2 Å². The lowest BCUT2D eigenvalue weighted by atomic mass is 10.1. The van der Waals surface area contributed by atoms with Gasteiger partial charge in [0, 0.05) is 26.8 Å². The van der Waals surface area contributed by atoms with E-state index in [0.717, 1.165) is 22.2 Å². The quantitative estimate of drug-likeness (QED) is 0.564. The van der Waals surface area contributed by atoms with E-state index < -0.39 is 11.2 Å².